The molecule has 0 aliphatic rings. The fourth-order valence-corrected chi connectivity index (χ4v) is 4.49. The highest BCUT2D eigenvalue weighted by Gasteiger charge is 2.24. The minimum absolute atomic E-state index is 0.0201. The van der Waals surface area contributed by atoms with Crippen LogP contribution in [0.4, 0.5) is 4.39 Å². The summed E-state index contributed by atoms with van der Waals surface area (Å²) >= 11 is 3.25. The van der Waals surface area contributed by atoms with E-state index in [1.807, 2.05) is 19.0 Å². The number of amides is 1. The molecule has 0 saturated carbocycles. The van der Waals surface area contributed by atoms with Crippen LogP contribution in [0, 0.1) is 5.82 Å². The zero-order valence-corrected chi connectivity index (χ0v) is 19.3. The van der Waals surface area contributed by atoms with Gasteiger partial charge in [-0.25, -0.2) is 17.1 Å². The molecule has 0 unspecified atom stereocenters. The zero-order valence-electron chi connectivity index (χ0n) is 16.9. The van der Waals surface area contributed by atoms with E-state index >= 15 is 0 Å². The predicted octanol–water partition coefficient (Wildman–Crippen LogP) is 3.04. The third kappa shape index (κ3) is 6.08. The van der Waals surface area contributed by atoms with E-state index in [-0.39, 0.29) is 28.7 Å². The molecule has 0 saturated heterocycles. The summed E-state index contributed by atoms with van der Waals surface area (Å²) in [5.41, 5.74) is 0.916. The number of halogens is 2. The highest BCUT2D eigenvalue weighted by Crippen LogP contribution is 2.26. The standard InChI is InChI=1S/C20H25BrFN3O3S/c1-23(2)10-11-25(14-15-6-5-7-17(22)12-15)20(26)16-8-9-18(21)19(13-16)29(27,28)24(3)4/h5-9,12-13H,10-11,14H2,1-4H3. The van der Waals surface area contributed by atoms with Crippen LogP contribution in [0.5, 0.6) is 0 Å². The van der Waals surface area contributed by atoms with Gasteiger partial charge in [-0.15, -0.1) is 0 Å². The molecular weight excluding hydrogens is 461 g/mol. The molecule has 9 heteroatoms. The Morgan fingerprint density at radius 1 is 1.03 bits per heavy atom. The van der Waals surface area contributed by atoms with Crippen LogP contribution in [-0.2, 0) is 16.6 Å². The summed E-state index contributed by atoms with van der Waals surface area (Å²) in [5, 5.41) is 0. The minimum Gasteiger partial charge on any atom is -0.333 e. The van der Waals surface area contributed by atoms with Crippen molar-refractivity contribution in [3.63, 3.8) is 0 Å². The maximum absolute atomic E-state index is 13.6. The van der Waals surface area contributed by atoms with Crippen molar-refractivity contribution in [3.05, 3.63) is 63.9 Å². The Kier molecular flexibility index (Phi) is 7.93. The van der Waals surface area contributed by atoms with Gasteiger partial charge in [-0.1, -0.05) is 12.1 Å². The lowest BCUT2D eigenvalue weighted by Crippen LogP contribution is -2.36. The predicted molar refractivity (Wildman–Crippen MR) is 115 cm³/mol. The van der Waals surface area contributed by atoms with Crippen molar-refractivity contribution in [3.8, 4) is 0 Å². The van der Waals surface area contributed by atoms with Gasteiger partial charge in [-0.2, -0.15) is 0 Å². The number of hydrogen-bond donors (Lipinski definition) is 0. The maximum Gasteiger partial charge on any atom is 0.254 e. The summed E-state index contributed by atoms with van der Waals surface area (Å²) in [6, 6.07) is 10.6. The number of carbonyl (C=O) groups excluding carboxylic acids is 1. The summed E-state index contributed by atoms with van der Waals surface area (Å²) in [6.45, 7) is 1.24. The molecule has 2 rings (SSSR count). The second-order valence-corrected chi connectivity index (χ2v) is 10.1. The first-order valence-electron chi connectivity index (χ1n) is 8.93. The van der Waals surface area contributed by atoms with Gasteiger partial charge in [-0.05, 0) is 65.9 Å². The van der Waals surface area contributed by atoms with Crippen LogP contribution in [0.1, 0.15) is 15.9 Å². The van der Waals surface area contributed by atoms with E-state index in [4.69, 9.17) is 0 Å². The van der Waals surface area contributed by atoms with Gasteiger partial charge in [0.1, 0.15) is 5.82 Å². The number of carbonyl (C=O) groups is 1. The minimum atomic E-state index is -3.72. The average molecular weight is 486 g/mol. The number of nitrogens with zero attached hydrogens (tertiary/aromatic N) is 3. The van der Waals surface area contributed by atoms with Crippen molar-refractivity contribution in [2.75, 3.05) is 41.3 Å². The van der Waals surface area contributed by atoms with Gasteiger partial charge >= 0.3 is 0 Å². The summed E-state index contributed by atoms with van der Waals surface area (Å²) in [4.78, 5) is 16.7. The Bertz CT molecular complexity index is 981. The van der Waals surface area contributed by atoms with Crippen molar-refractivity contribution in [2.24, 2.45) is 0 Å². The molecule has 0 N–H and O–H groups in total. The van der Waals surface area contributed by atoms with Crippen molar-refractivity contribution < 1.29 is 17.6 Å². The summed E-state index contributed by atoms with van der Waals surface area (Å²) in [6.07, 6.45) is 0. The van der Waals surface area contributed by atoms with Crippen LogP contribution in [0.2, 0.25) is 0 Å². The SMILES string of the molecule is CN(C)CCN(Cc1cccc(F)c1)C(=O)c1ccc(Br)c(S(=O)(=O)N(C)C)c1. The molecule has 2 aromatic rings. The number of rotatable bonds is 8. The van der Waals surface area contributed by atoms with Gasteiger partial charge < -0.3 is 9.80 Å². The summed E-state index contributed by atoms with van der Waals surface area (Å²) in [7, 11) is 2.94. The largest absolute Gasteiger partial charge is 0.333 e. The first kappa shape index (κ1) is 23.5. The van der Waals surface area contributed by atoms with E-state index in [2.05, 4.69) is 15.9 Å². The molecule has 0 bridgehead atoms. The molecule has 2 aromatic carbocycles. The number of hydrogen-bond acceptors (Lipinski definition) is 4. The molecule has 1 amide bonds. The van der Waals surface area contributed by atoms with Gasteiger partial charge in [0.15, 0.2) is 0 Å². The highest BCUT2D eigenvalue weighted by molar-refractivity contribution is 9.10. The molecule has 0 radical (unpaired) electrons. The van der Waals surface area contributed by atoms with Crippen LogP contribution < -0.4 is 0 Å². The molecule has 0 spiro atoms. The van der Waals surface area contributed by atoms with Crippen molar-refractivity contribution in [1.29, 1.82) is 0 Å². The first-order valence-corrected chi connectivity index (χ1v) is 11.2. The Morgan fingerprint density at radius 3 is 2.31 bits per heavy atom. The van der Waals surface area contributed by atoms with Crippen LogP contribution in [0.3, 0.4) is 0 Å². The lowest BCUT2D eigenvalue weighted by Gasteiger charge is -2.25. The quantitative estimate of drug-likeness (QED) is 0.576. The molecule has 29 heavy (non-hydrogen) atoms. The van der Waals surface area contributed by atoms with Gasteiger partial charge in [0.25, 0.3) is 5.91 Å². The van der Waals surface area contributed by atoms with E-state index < -0.39 is 10.0 Å². The van der Waals surface area contributed by atoms with Crippen molar-refractivity contribution in [2.45, 2.75) is 11.4 Å². The fourth-order valence-electron chi connectivity index (χ4n) is 2.64. The smallest absolute Gasteiger partial charge is 0.254 e. The van der Waals surface area contributed by atoms with Gasteiger partial charge in [-0.3, -0.25) is 4.79 Å². The van der Waals surface area contributed by atoms with Crippen LogP contribution >= 0.6 is 15.9 Å². The van der Waals surface area contributed by atoms with E-state index in [1.54, 1.807) is 29.2 Å². The number of sulfonamides is 1. The molecule has 0 heterocycles. The Balaban J connectivity index is 2.39. The number of likely N-dealkylation sites (N-methyl/N-ethyl adjacent to an activating group) is 1. The second-order valence-electron chi connectivity index (χ2n) is 7.09. The van der Waals surface area contributed by atoms with Gasteiger partial charge in [0.05, 0.1) is 4.90 Å². The maximum atomic E-state index is 13.6. The molecule has 158 valence electrons. The summed E-state index contributed by atoms with van der Waals surface area (Å²) < 4.78 is 40.2. The van der Waals surface area contributed by atoms with Gasteiger partial charge in [0.2, 0.25) is 10.0 Å². The molecule has 6 nitrogen and oxygen atoms in total. The summed E-state index contributed by atoms with van der Waals surface area (Å²) in [5.74, 6) is -0.690. The molecule has 0 aromatic heterocycles. The van der Waals surface area contributed by atoms with Crippen molar-refractivity contribution in [1.82, 2.24) is 14.1 Å². The molecular formula is C20H25BrFN3O3S. The zero-order chi connectivity index (χ0) is 21.8. The van der Waals surface area contributed by atoms with Crippen LogP contribution in [0.25, 0.3) is 0 Å². The van der Waals surface area contributed by atoms with E-state index in [0.29, 0.717) is 23.1 Å². The van der Waals surface area contributed by atoms with Crippen LogP contribution in [0.15, 0.2) is 51.8 Å². The Hall–Kier alpha value is -1.81. The first-order chi connectivity index (χ1) is 13.5. The Labute approximate surface area is 180 Å². The molecule has 0 aliphatic carbocycles. The van der Waals surface area contributed by atoms with E-state index in [0.717, 1.165) is 4.31 Å². The monoisotopic (exact) mass is 485 g/mol. The Morgan fingerprint density at radius 2 is 1.72 bits per heavy atom. The normalized spacial score (nSPS) is 11.9. The second kappa shape index (κ2) is 9.80. The lowest BCUT2D eigenvalue weighted by atomic mass is 10.1. The topological polar surface area (TPSA) is 60.9 Å². The van der Waals surface area contributed by atoms with E-state index in [1.165, 1.54) is 32.3 Å². The fraction of sp³-hybridized carbons (Fsp3) is 0.350. The van der Waals surface area contributed by atoms with Gasteiger partial charge in [0, 0.05) is 43.8 Å². The van der Waals surface area contributed by atoms with Crippen LogP contribution in [-0.4, -0.2) is 69.7 Å². The third-order valence-electron chi connectivity index (χ3n) is 4.30. The highest BCUT2D eigenvalue weighted by atomic mass is 79.9. The number of benzene rings is 2. The molecule has 0 aliphatic heterocycles. The third-order valence-corrected chi connectivity index (χ3v) is 7.11. The van der Waals surface area contributed by atoms with Crippen molar-refractivity contribution >= 4 is 31.9 Å². The molecule has 0 fully saturated rings. The molecule has 0 atom stereocenters. The average Bonchev–Trinajstić information content (AvgIpc) is 2.64. The van der Waals surface area contributed by atoms with E-state index in [9.17, 15) is 17.6 Å². The lowest BCUT2D eigenvalue weighted by molar-refractivity contribution is 0.0731.